The number of alkyl halides is 3. The Morgan fingerprint density at radius 1 is 1.22 bits per heavy atom. The average molecular weight is 391 g/mol. The highest BCUT2D eigenvalue weighted by atomic mass is 32.1. The maximum absolute atomic E-state index is 12.8. The van der Waals surface area contributed by atoms with Crippen LogP contribution in [0.15, 0.2) is 37.1 Å². The monoisotopic (exact) mass is 391 g/mol. The number of anilines is 1. The molecule has 10 heteroatoms. The molecule has 0 radical (unpaired) electrons. The number of rotatable bonds is 4. The molecule has 0 aliphatic heterocycles. The highest BCUT2D eigenvalue weighted by molar-refractivity contribution is 7.08. The van der Waals surface area contributed by atoms with Crippen molar-refractivity contribution in [2.45, 2.75) is 24.9 Å². The number of carbonyl (C=O) groups is 1. The highest BCUT2D eigenvalue weighted by Gasteiger charge is 2.35. The Bertz CT molecular complexity index is 986. The minimum Gasteiger partial charge on any atom is -0.321 e. The van der Waals surface area contributed by atoms with Gasteiger partial charge in [-0.2, -0.15) is 17.5 Å². The van der Waals surface area contributed by atoms with E-state index in [9.17, 15) is 18.0 Å². The maximum atomic E-state index is 12.8. The fourth-order valence-corrected chi connectivity index (χ4v) is 3.57. The van der Waals surface area contributed by atoms with E-state index in [-0.39, 0.29) is 11.6 Å². The molecule has 3 heterocycles. The average Bonchev–Trinajstić information content (AvgIpc) is 3.39. The zero-order valence-electron chi connectivity index (χ0n) is 13.7. The first-order valence-electron chi connectivity index (χ1n) is 8.03. The largest absolute Gasteiger partial charge is 0.433 e. The van der Waals surface area contributed by atoms with Crippen LogP contribution in [0.5, 0.6) is 0 Å². The van der Waals surface area contributed by atoms with E-state index in [0.29, 0.717) is 16.1 Å². The number of carbonyl (C=O) groups excluding carboxylic acids is 1. The van der Waals surface area contributed by atoms with E-state index in [0.717, 1.165) is 42.2 Å². The minimum atomic E-state index is -4.58. The molecule has 1 fully saturated rings. The van der Waals surface area contributed by atoms with Crippen molar-refractivity contribution < 1.29 is 18.0 Å². The molecule has 138 valence electrons. The van der Waals surface area contributed by atoms with Crippen LogP contribution in [-0.4, -0.2) is 25.2 Å². The molecule has 0 saturated heterocycles. The Kier molecular flexibility index (Phi) is 4.34. The summed E-state index contributed by atoms with van der Waals surface area (Å²) in [5.74, 6) is -0.278. The number of hydrogen-bond donors (Lipinski definition) is 1. The van der Waals surface area contributed by atoms with E-state index < -0.39 is 17.8 Å². The van der Waals surface area contributed by atoms with Crippen molar-refractivity contribution in [3.8, 4) is 11.3 Å². The van der Waals surface area contributed by atoms with E-state index in [1.807, 2.05) is 0 Å². The van der Waals surface area contributed by atoms with Crippen LogP contribution >= 0.6 is 11.5 Å². The molecular formula is C17H12F3N5OS. The van der Waals surface area contributed by atoms with Crippen LogP contribution in [0.25, 0.3) is 11.3 Å². The molecule has 1 aliphatic rings. The van der Waals surface area contributed by atoms with Crippen LogP contribution in [-0.2, 0) is 6.18 Å². The number of aromatic nitrogens is 4. The van der Waals surface area contributed by atoms with Gasteiger partial charge in [-0.1, -0.05) is 0 Å². The van der Waals surface area contributed by atoms with E-state index in [1.54, 1.807) is 12.4 Å². The lowest BCUT2D eigenvalue weighted by molar-refractivity contribution is -0.141. The van der Waals surface area contributed by atoms with Crippen molar-refractivity contribution in [1.29, 1.82) is 0 Å². The lowest BCUT2D eigenvalue weighted by atomic mass is 10.0. The third-order valence-corrected chi connectivity index (χ3v) is 4.92. The van der Waals surface area contributed by atoms with Gasteiger partial charge in [0.05, 0.1) is 5.69 Å². The molecule has 0 aromatic carbocycles. The zero-order chi connectivity index (χ0) is 19.0. The van der Waals surface area contributed by atoms with Crippen LogP contribution in [0.3, 0.4) is 0 Å². The summed E-state index contributed by atoms with van der Waals surface area (Å²) in [5, 5.41) is 2.52. The quantitative estimate of drug-likeness (QED) is 0.723. The van der Waals surface area contributed by atoms with Gasteiger partial charge in [-0.3, -0.25) is 9.78 Å². The third kappa shape index (κ3) is 3.65. The first-order valence-corrected chi connectivity index (χ1v) is 8.80. The van der Waals surface area contributed by atoms with Gasteiger partial charge in [0.1, 0.15) is 16.9 Å². The zero-order valence-corrected chi connectivity index (χ0v) is 14.5. The summed E-state index contributed by atoms with van der Waals surface area (Å²) >= 11 is 1.02. The van der Waals surface area contributed by atoms with E-state index >= 15 is 0 Å². The van der Waals surface area contributed by atoms with Crippen molar-refractivity contribution in [1.82, 2.24) is 19.3 Å². The predicted octanol–water partition coefficient (Wildman–Crippen LogP) is 4.14. The lowest BCUT2D eigenvalue weighted by Gasteiger charge is -2.09. The summed E-state index contributed by atoms with van der Waals surface area (Å²) in [6.45, 7) is 0. The topological polar surface area (TPSA) is 80.7 Å². The summed E-state index contributed by atoms with van der Waals surface area (Å²) in [6, 6.07) is 2.12. The van der Waals surface area contributed by atoms with Crippen molar-refractivity contribution >= 4 is 23.1 Å². The first-order chi connectivity index (χ1) is 12.9. The molecule has 0 atom stereocenters. The standard InChI is InChI=1S/C17H12F3N5OS/c18-17(19,20)12-5-11(3-4-23-12)24-16(26)15-13(9-1-2-9)14(25-27-15)10-6-21-8-22-7-10/h3-9H,1-2H2,(H,23,24,26). The fraction of sp³-hybridized carbons (Fsp3) is 0.235. The van der Waals surface area contributed by atoms with Crippen LogP contribution in [0.1, 0.15) is 39.7 Å². The van der Waals surface area contributed by atoms with Gasteiger partial charge in [-0.25, -0.2) is 9.97 Å². The van der Waals surface area contributed by atoms with Gasteiger partial charge in [-0.05, 0) is 42.4 Å². The molecule has 6 nitrogen and oxygen atoms in total. The summed E-state index contributed by atoms with van der Waals surface area (Å²) < 4.78 is 42.8. The van der Waals surface area contributed by atoms with Crippen LogP contribution in [0.4, 0.5) is 18.9 Å². The second-order valence-corrected chi connectivity index (χ2v) is 6.83. The number of halogens is 3. The molecule has 0 bridgehead atoms. The molecule has 3 aromatic rings. The highest BCUT2D eigenvalue weighted by Crippen LogP contribution is 2.47. The molecule has 1 N–H and O–H groups in total. The normalized spacial score (nSPS) is 14.2. The first kappa shape index (κ1) is 17.5. The van der Waals surface area contributed by atoms with Crippen molar-refractivity contribution in [2.75, 3.05) is 5.32 Å². The van der Waals surface area contributed by atoms with Crippen molar-refractivity contribution in [3.05, 3.63) is 53.2 Å². The van der Waals surface area contributed by atoms with E-state index in [4.69, 9.17) is 0 Å². The van der Waals surface area contributed by atoms with Gasteiger partial charge in [0, 0.05) is 35.4 Å². The maximum Gasteiger partial charge on any atom is 0.433 e. The van der Waals surface area contributed by atoms with Crippen molar-refractivity contribution in [3.63, 3.8) is 0 Å². The summed E-state index contributed by atoms with van der Waals surface area (Å²) in [7, 11) is 0. The molecule has 3 aromatic heterocycles. The third-order valence-electron chi connectivity index (χ3n) is 4.06. The molecule has 1 aliphatic carbocycles. The van der Waals surface area contributed by atoms with E-state index in [2.05, 4.69) is 24.6 Å². The van der Waals surface area contributed by atoms with Gasteiger partial charge in [0.25, 0.3) is 5.91 Å². The van der Waals surface area contributed by atoms with Crippen LogP contribution in [0.2, 0.25) is 0 Å². The Labute approximate surface area is 155 Å². The smallest absolute Gasteiger partial charge is 0.321 e. The van der Waals surface area contributed by atoms with Crippen LogP contribution in [0, 0.1) is 0 Å². The van der Waals surface area contributed by atoms with Crippen LogP contribution < -0.4 is 5.32 Å². The number of amides is 1. The predicted molar refractivity (Wildman–Crippen MR) is 92.3 cm³/mol. The second kappa shape index (κ2) is 6.69. The molecule has 1 saturated carbocycles. The van der Waals surface area contributed by atoms with Gasteiger partial charge in [0.15, 0.2) is 0 Å². The van der Waals surface area contributed by atoms with Gasteiger partial charge < -0.3 is 5.32 Å². The van der Waals surface area contributed by atoms with E-state index in [1.165, 1.54) is 12.4 Å². The SMILES string of the molecule is O=C(Nc1ccnc(C(F)(F)F)c1)c1snc(-c2cncnc2)c1C1CC1. The number of nitrogens with one attached hydrogen (secondary N) is 1. The molecule has 27 heavy (non-hydrogen) atoms. The molecule has 0 spiro atoms. The van der Waals surface area contributed by atoms with Gasteiger partial charge in [0.2, 0.25) is 0 Å². The summed E-state index contributed by atoms with van der Waals surface area (Å²) in [5.41, 5.74) is 1.13. The molecule has 0 unspecified atom stereocenters. The lowest BCUT2D eigenvalue weighted by Crippen LogP contribution is -2.14. The number of pyridine rings is 1. The Morgan fingerprint density at radius 3 is 2.63 bits per heavy atom. The Morgan fingerprint density at radius 2 is 1.96 bits per heavy atom. The number of nitrogens with zero attached hydrogens (tertiary/aromatic N) is 4. The fourth-order valence-electron chi connectivity index (χ4n) is 2.69. The molecule has 1 amide bonds. The number of hydrogen-bond acceptors (Lipinski definition) is 6. The summed E-state index contributed by atoms with van der Waals surface area (Å²) in [6.07, 6.45) is 2.95. The Balaban J connectivity index is 1.64. The van der Waals surface area contributed by atoms with Gasteiger partial charge >= 0.3 is 6.18 Å². The van der Waals surface area contributed by atoms with Crippen molar-refractivity contribution in [2.24, 2.45) is 0 Å². The molecular weight excluding hydrogens is 379 g/mol. The minimum absolute atomic E-state index is 0.0297. The Hall–Kier alpha value is -2.88. The second-order valence-electron chi connectivity index (χ2n) is 6.06. The molecule has 4 rings (SSSR count). The van der Waals surface area contributed by atoms with Gasteiger partial charge in [-0.15, -0.1) is 0 Å². The summed E-state index contributed by atoms with van der Waals surface area (Å²) in [4.78, 5) is 24.3.